The lowest BCUT2D eigenvalue weighted by Gasteiger charge is -2.46. The van der Waals surface area contributed by atoms with Gasteiger partial charge in [-0.05, 0) is 43.4 Å². The molecule has 19 heavy (non-hydrogen) atoms. The lowest BCUT2D eigenvalue weighted by Crippen LogP contribution is -2.60. The number of halogens is 2. The molecule has 0 radical (unpaired) electrons. The summed E-state index contributed by atoms with van der Waals surface area (Å²) < 4.78 is 13.1. The molecule has 1 saturated carbocycles. The Morgan fingerprint density at radius 1 is 1.47 bits per heavy atom. The molecule has 104 valence electrons. The number of piperazine rings is 1. The second-order valence-electron chi connectivity index (χ2n) is 5.97. The molecule has 2 nitrogen and oxygen atoms in total. The van der Waals surface area contributed by atoms with E-state index in [-0.39, 0.29) is 11.4 Å². The Kier molecular flexibility index (Phi) is 3.54. The molecule has 2 fully saturated rings. The van der Waals surface area contributed by atoms with Gasteiger partial charge in [-0.2, -0.15) is 0 Å². The molecule has 1 aliphatic carbocycles. The van der Waals surface area contributed by atoms with E-state index < -0.39 is 0 Å². The number of nitrogens with one attached hydrogen (secondary N) is 1. The molecule has 4 heteroatoms. The third-order valence-corrected chi connectivity index (χ3v) is 4.95. The highest BCUT2D eigenvalue weighted by molar-refractivity contribution is 6.31. The predicted octanol–water partition coefficient (Wildman–Crippen LogP) is 3.05. The van der Waals surface area contributed by atoms with Crippen LogP contribution in [0.4, 0.5) is 4.39 Å². The topological polar surface area (TPSA) is 15.3 Å². The van der Waals surface area contributed by atoms with E-state index in [0.29, 0.717) is 5.02 Å². The van der Waals surface area contributed by atoms with E-state index in [1.54, 1.807) is 0 Å². The molecule has 1 aromatic carbocycles. The van der Waals surface area contributed by atoms with E-state index in [9.17, 15) is 4.39 Å². The van der Waals surface area contributed by atoms with Crippen LogP contribution in [0.15, 0.2) is 18.2 Å². The van der Waals surface area contributed by atoms with E-state index in [1.807, 2.05) is 6.07 Å². The third-order valence-electron chi connectivity index (χ3n) is 4.60. The van der Waals surface area contributed by atoms with Gasteiger partial charge in [0, 0.05) is 36.7 Å². The average Bonchev–Trinajstić information content (AvgIpc) is 3.19. The molecule has 1 aliphatic heterocycles. The van der Waals surface area contributed by atoms with Crippen LogP contribution >= 0.6 is 11.6 Å². The number of hydrogen-bond donors (Lipinski definition) is 1. The molecule has 1 unspecified atom stereocenters. The third kappa shape index (κ3) is 2.64. The van der Waals surface area contributed by atoms with Gasteiger partial charge in [0.25, 0.3) is 0 Å². The van der Waals surface area contributed by atoms with Gasteiger partial charge in [0.2, 0.25) is 0 Å². The SMILES string of the molecule is CC1(C2CC2)CNCCN1Cc1ccc(F)cc1Cl. The summed E-state index contributed by atoms with van der Waals surface area (Å²) in [5.74, 6) is 0.526. The molecule has 1 N–H and O–H groups in total. The number of hydrogen-bond acceptors (Lipinski definition) is 2. The molecule has 1 heterocycles. The summed E-state index contributed by atoms with van der Waals surface area (Å²) in [5, 5.41) is 4.04. The maximum atomic E-state index is 13.1. The van der Waals surface area contributed by atoms with Crippen molar-refractivity contribution >= 4 is 11.6 Å². The lowest BCUT2D eigenvalue weighted by atomic mass is 9.90. The van der Waals surface area contributed by atoms with E-state index >= 15 is 0 Å². The van der Waals surface area contributed by atoms with Gasteiger partial charge in [0.15, 0.2) is 0 Å². The second kappa shape index (κ2) is 5.04. The summed E-state index contributed by atoms with van der Waals surface area (Å²) in [7, 11) is 0. The lowest BCUT2D eigenvalue weighted by molar-refractivity contribution is 0.0484. The number of nitrogens with zero attached hydrogens (tertiary/aromatic N) is 1. The molecule has 1 saturated heterocycles. The molecule has 0 spiro atoms. The van der Waals surface area contributed by atoms with Gasteiger partial charge in [-0.15, -0.1) is 0 Å². The van der Waals surface area contributed by atoms with Crippen LogP contribution in [0, 0.1) is 11.7 Å². The van der Waals surface area contributed by atoms with Crippen molar-refractivity contribution in [2.24, 2.45) is 5.92 Å². The molecule has 0 bridgehead atoms. The van der Waals surface area contributed by atoms with Crippen LogP contribution < -0.4 is 5.32 Å². The molecule has 3 rings (SSSR count). The van der Waals surface area contributed by atoms with Crippen LogP contribution in [-0.2, 0) is 6.54 Å². The fourth-order valence-corrected chi connectivity index (χ4v) is 3.37. The van der Waals surface area contributed by atoms with Gasteiger partial charge in [-0.1, -0.05) is 17.7 Å². The first-order valence-corrected chi connectivity index (χ1v) is 7.37. The molecule has 0 amide bonds. The zero-order chi connectivity index (χ0) is 13.5. The fourth-order valence-electron chi connectivity index (χ4n) is 3.15. The highest BCUT2D eigenvalue weighted by Crippen LogP contribution is 2.44. The molecule has 1 atom stereocenters. The van der Waals surface area contributed by atoms with Gasteiger partial charge in [-0.25, -0.2) is 4.39 Å². The van der Waals surface area contributed by atoms with E-state index in [0.717, 1.165) is 37.7 Å². The summed E-state index contributed by atoms with van der Waals surface area (Å²) in [6.45, 7) is 6.24. The van der Waals surface area contributed by atoms with Crippen LogP contribution in [0.3, 0.4) is 0 Å². The number of rotatable bonds is 3. The van der Waals surface area contributed by atoms with Gasteiger partial charge in [0.1, 0.15) is 5.82 Å². The van der Waals surface area contributed by atoms with Crippen LogP contribution in [0.2, 0.25) is 5.02 Å². The quantitative estimate of drug-likeness (QED) is 0.917. The number of benzene rings is 1. The van der Waals surface area contributed by atoms with Crippen molar-refractivity contribution in [3.63, 3.8) is 0 Å². The van der Waals surface area contributed by atoms with E-state index in [1.165, 1.54) is 25.0 Å². The normalized spacial score (nSPS) is 28.6. The van der Waals surface area contributed by atoms with Gasteiger partial charge < -0.3 is 5.32 Å². The van der Waals surface area contributed by atoms with E-state index in [4.69, 9.17) is 11.6 Å². The van der Waals surface area contributed by atoms with Crippen molar-refractivity contribution < 1.29 is 4.39 Å². The highest BCUT2D eigenvalue weighted by Gasteiger charge is 2.46. The first kappa shape index (κ1) is 13.3. The monoisotopic (exact) mass is 282 g/mol. The van der Waals surface area contributed by atoms with Gasteiger partial charge >= 0.3 is 0 Å². The molecule has 2 aliphatic rings. The second-order valence-corrected chi connectivity index (χ2v) is 6.37. The minimum atomic E-state index is -0.265. The van der Waals surface area contributed by atoms with Crippen molar-refractivity contribution in [2.75, 3.05) is 19.6 Å². The Morgan fingerprint density at radius 2 is 2.26 bits per heavy atom. The predicted molar refractivity (Wildman–Crippen MR) is 75.8 cm³/mol. The van der Waals surface area contributed by atoms with Crippen LogP contribution in [0.25, 0.3) is 0 Å². The molecule has 1 aromatic rings. The smallest absolute Gasteiger partial charge is 0.124 e. The summed E-state index contributed by atoms with van der Waals surface area (Å²) in [4.78, 5) is 2.51. The van der Waals surface area contributed by atoms with Crippen molar-refractivity contribution in [3.8, 4) is 0 Å². The first-order valence-electron chi connectivity index (χ1n) is 6.99. The van der Waals surface area contributed by atoms with Crippen LogP contribution in [-0.4, -0.2) is 30.1 Å². The minimum Gasteiger partial charge on any atom is -0.314 e. The van der Waals surface area contributed by atoms with Crippen molar-refractivity contribution in [1.29, 1.82) is 0 Å². The summed E-state index contributed by atoms with van der Waals surface area (Å²) in [5.41, 5.74) is 1.24. The summed E-state index contributed by atoms with van der Waals surface area (Å²) in [6, 6.07) is 4.72. The van der Waals surface area contributed by atoms with Gasteiger partial charge in [-0.3, -0.25) is 4.90 Å². The van der Waals surface area contributed by atoms with Crippen molar-refractivity contribution in [1.82, 2.24) is 10.2 Å². The molecule has 0 aromatic heterocycles. The summed E-state index contributed by atoms with van der Waals surface area (Å²) in [6.07, 6.45) is 2.65. The Morgan fingerprint density at radius 3 is 2.95 bits per heavy atom. The maximum Gasteiger partial charge on any atom is 0.124 e. The largest absolute Gasteiger partial charge is 0.314 e. The highest BCUT2D eigenvalue weighted by atomic mass is 35.5. The zero-order valence-electron chi connectivity index (χ0n) is 11.3. The maximum absolute atomic E-state index is 13.1. The first-order chi connectivity index (χ1) is 9.09. The Hall–Kier alpha value is -0.640. The summed E-state index contributed by atoms with van der Waals surface area (Å²) >= 11 is 6.15. The standard InChI is InChI=1S/C15H20ClFN2/c1-15(12-3-4-12)10-18-6-7-19(15)9-11-2-5-13(17)8-14(11)16/h2,5,8,12,18H,3-4,6-7,9-10H2,1H3. The van der Waals surface area contributed by atoms with E-state index in [2.05, 4.69) is 17.1 Å². The fraction of sp³-hybridized carbons (Fsp3) is 0.600. The molecular formula is C15H20ClFN2. The Balaban J connectivity index is 1.80. The van der Waals surface area contributed by atoms with Crippen LogP contribution in [0.5, 0.6) is 0 Å². The molecular weight excluding hydrogens is 263 g/mol. The van der Waals surface area contributed by atoms with Crippen molar-refractivity contribution in [2.45, 2.75) is 31.8 Å². The minimum absolute atomic E-state index is 0.218. The average molecular weight is 283 g/mol. The van der Waals surface area contributed by atoms with Crippen LogP contribution in [0.1, 0.15) is 25.3 Å². The zero-order valence-corrected chi connectivity index (χ0v) is 12.0. The van der Waals surface area contributed by atoms with Gasteiger partial charge in [0.05, 0.1) is 0 Å². The van der Waals surface area contributed by atoms with Crippen molar-refractivity contribution in [3.05, 3.63) is 34.6 Å². The Bertz CT molecular complexity index is 475. The Labute approximate surface area is 118 Å².